The zero-order valence-electron chi connectivity index (χ0n) is 17.9. The van der Waals surface area contributed by atoms with Crippen LogP contribution in [0, 0.1) is 13.8 Å². The summed E-state index contributed by atoms with van der Waals surface area (Å²) in [5, 5.41) is 9.72. The number of hydrogen-bond donors (Lipinski definition) is 1. The molecule has 0 saturated heterocycles. The zero-order chi connectivity index (χ0) is 22.1. The minimum atomic E-state index is -0.989. The number of carboxylic acids is 1. The van der Waals surface area contributed by atoms with Crippen molar-refractivity contribution < 1.29 is 19.4 Å². The lowest BCUT2D eigenvalue weighted by Crippen LogP contribution is -2.24. The van der Waals surface area contributed by atoms with Crippen LogP contribution in [0.1, 0.15) is 52.6 Å². The van der Waals surface area contributed by atoms with Gasteiger partial charge in [0.25, 0.3) is 0 Å². The Morgan fingerprint density at radius 3 is 1.67 bits per heavy atom. The van der Waals surface area contributed by atoms with Gasteiger partial charge in [-0.25, -0.2) is 9.59 Å². The standard InChI is InChI=1S/C26H26O4/c1-16-10-12-20(24(27)28)22(14-16)18-8-6-7-9-19(18)23-15-17(2)11-13-21(23)25(29)30-26(3,4)5/h6-15H,1-5H3,(H,27,28). The number of ether oxygens (including phenoxy) is 1. The fourth-order valence-electron chi connectivity index (χ4n) is 3.41. The molecule has 154 valence electrons. The van der Waals surface area contributed by atoms with E-state index in [-0.39, 0.29) is 5.56 Å². The average molecular weight is 402 g/mol. The van der Waals surface area contributed by atoms with Gasteiger partial charge < -0.3 is 9.84 Å². The molecule has 0 aliphatic heterocycles. The molecule has 0 aliphatic carbocycles. The molecule has 0 radical (unpaired) electrons. The Bertz CT molecular complexity index is 1120. The van der Waals surface area contributed by atoms with Crippen LogP contribution in [-0.4, -0.2) is 22.6 Å². The number of hydrogen-bond acceptors (Lipinski definition) is 3. The van der Waals surface area contributed by atoms with E-state index in [0.717, 1.165) is 27.8 Å². The van der Waals surface area contributed by atoms with Crippen molar-refractivity contribution in [3.63, 3.8) is 0 Å². The average Bonchev–Trinajstić information content (AvgIpc) is 2.66. The monoisotopic (exact) mass is 402 g/mol. The van der Waals surface area contributed by atoms with Gasteiger partial charge in [-0.1, -0.05) is 59.7 Å². The maximum Gasteiger partial charge on any atom is 0.339 e. The van der Waals surface area contributed by atoms with Crippen LogP contribution in [-0.2, 0) is 4.74 Å². The van der Waals surface area contributed by atoms with Crippen LogP contribution in [0.25, 0.3) is 22.3 Å². The SMILES string of the molecule is Cc1ccc(C(=O)O)c(-c2ccccc2-c2cc(C)ccc2C(=O)OC(C)(C)C)c1. The highest BCUT2D eigenvalue weighted by molar-refractivity contribution is 6.03. The first-order valence-electron chi connectivity index (χ1n) is 9.84. The van der Waals surface area contributed by atoms with Gasteiger partial charge in [-0.05, 0) is 69.0 Å². The molecule has 0 atom stereocenters. The quantitative estimate of drug-likeness (QED) is 0.521. The van der Waals surface area contributed by atoms with Gasteiger partial charge in [-0.15, -0.1) is 0 Å². The molecular formula is C26H26O4. The van der Waals surface area contributed by atoms with E-state index in [1.807, 2.05) is 77.1 Å². The van der Waals surface area contributed by atoms with E-state index < -0.39 is 17.5 Å². The molecule has 0 spiro atoms. The van der Waals surface area contributed by atoms with E-state index in [2.05, 4.69) is 0 Å². The largest absolute Gasteiger partial charge is 0.478 e. The van der Waals surface area contributed by atoms with Crippen LogP contribution in [0.15, 0.2) is 60.7 Å². The molecule has 30 heavy (non-hydrogen) atoms. The Balaban J connectivity index is 2.26. The number of carbonyl (C=O) groups is 2. The first-order valence-corrected chi connectivity index (χ1v) is 9.84. The van der Waals surface area contributed by atoms with Crippen LogP contribution in [0.2, 0.25) is 0 Å². The molecule has 4 nitrogen and oxygen atoms in total. The van der Waals surface area contributed by atoms with Gasteiger partial charge in [-0.3, -0.25) is 0 Å². The smallest absolute Gasteiger partial charge is 0.339 e. The first kappa shape index (κ1) is 21.3. The van der Waals surface area contributed by atoms with Gasteiger partial charge in [0.15, 0.2) is 0 Å². The molecule has 3 aromatic rings. The normalized spacial score (nSPS) is 11.2. The summed E-state index contributed by atoms with van der Waals surface area (Å²) in [6.07, 6.45) is 0. The van der Waals surface area contributed by atoms with Gasteiger partial charge in [0.2, 0.25) is 0 Å². The maximum absolute atomic E-state index is 12.9. The highest BCUT2D eigenvalue weighted by Gasteiger charge is 2.23. The molecule has 4 heteroatoms. The third kappa shape index (κ3) is 4.60. The van der Waals surface area contributed by atoms with Crippen LogP contribution in [0.4, 0.5) is 0 Å². The van der Waals surface area contributed by atoms with E-state index in [1.54, 1.807) is 18.2 Å². The molecule has 0 bridgehead atoms. The van der Waals surface area contributed by atoms with Gasteiger partial charge in [0, 0.05) is 0 Å². The predicted octanol–water partition coefficient (Wildman–Crippen LogP) is 6.29. The molecule has 0 aromatic heterocycles. The van der Waals surface area contributed by atoms with Gasteiger partial charge in [-0.2, -0.15) is 0 Å². The minimum Gasteiger partial charge on any atom is -0.478 e. The third-order valence-corrected chi connectivity index (χ3v) is 4.71. The van der Waals surface area contributed by atoms with Crippen molar-refractivity contribution in [1.82, 2.24) is 0 Å². The van der Waals surface area contributed by atoms with E-state index in [4.69, 9.17) is 4.74 Å². The molecule has 0 heterocycles. The van der Waals surface area contributed by atoms with Gasteiger partial charge >= 0.3 is 11.9 Å². The fourth-order valence-corrected chi connectivity index (χ4v) is 3.41. The highest BCUT2D eigenvalue weighted by atomic mass is 16.6. The van der Waals surface area contributed by atoms with E-state index in [1.165, 1.54) is 0 Å². The van der Waals surface area contributed by atoms with Crippen molar-refractivity contribution in [2.45, 2.75) is 40.2 Å². The molecule has 3 rings (SSSR count). The second kappa shape index (κ2) is 8.15. The molecule has 0 amide bonds. The second-order valence-electron chi connectivity index (χ2n) is 8.45. The van der Waals surface area contributed by atoms with Crippen molar-refractivity contribution in [2.24, 2.45) is 0 Å². The summed E-state index contributed by atoms with van der Waals surface area (Å²) in [5.41, 5.74) is 4.89. The van der Waals surface area contributed by atoms with Crippen LogP contribution >= 0.6 is 0 Å². The number of aryl methyl sites for hydroxylation is 2. The third-order valence-electron chi connectivity index (χ3n) is 4.71. The number of aromatic carboxylic acids is 1. The van der Waals surface area contributed by atoms with Crippen molar-refractivity contribution in [1.29, 1.82) is 0 Å². The topological polar surface area (TPSA) is 63.6 Å². The van der Waals surface area contributed by atoms with Crippen molar-refractivity contribution in [3.8, 4) is 22.3 Å². The van der Waals surface area contributed by atoms with E-state index >= 15 is 0 Å². The Morgan fingerprint density at radius 2 is 1.20 bits per heavy atom. The van der Waals surface area contributed by atoms with Crippen molar-refractivity contribution in [3.05, 3.63) is 82.9 Å². The molecule has 0 aliphatic rings. The Morgan fingerprint density at radius 1 is 0.733 bits per heavy atom. The lowest BCUT2D eigenvalue weighted by atomic mass is 9.88. The number of carbonyl (C=O) groups excluding carboxylic acids is 1. The summed E-state index contributed by atoms with van der Waals surface area (Å²) < 4.78 is 5.62. The molecule has 0 fully saturated rings. The molecule has 1 N–H and O–H groups in total. The molecular weight excluding hydrogens is 376 g/mol. The first-order chi connectivity index (χ1) is 14.1. The summed E-state index contributed by atoms with van der Waals surface area (Å²) in [5.74, 6) is -1.40. The second-order valence-corrected chi connectivity index (χ2v) is 8.45. The Hall–Kier alpha value is -3.40. The summed E-state index contributed by atoms with van der Waals surface area (Å²) in [7, 11) is 0. The fraction of sp³-hybridized carbons (Fsp3) is 0.231. The summed E-state index contributed by atoms with van der Waals surface area (Å²) in [4.78, 5) is 24.8. The number of rotatable bonds is 4. The van der Waals surface area contributed by atoms with Crippen molar-refractivity contribution >= 4 is 11.9 Å². The predicted molar refractivity (Wildman–Crippen MR) is 119 cm³/mol. The van der Waals surface area contributed by atoms with E-state index in [9.17, 15) is 14.7 Å². The summed E-state index contributed by atoms with van der Waals surface area (Å²) in [6.45, 7) is 9.38. The highest BCUT2D eigenvalue weighted by Crippen LogP contribution is 2.37. The van der Waals surface area contributed by atoms with Gasteiger partial charge in [0.1, 0.15) is 5.60 Å². The van der Waals surface area contributed by atoms with Crippen LogP contribution in [0.3, 0.4) is 0 Å². The van der Waals surface area contributed by atoms with E-state index in [0.29, 0.717) is 11.1 Å². The molecule has 0 unspecified atom stereocenters. The maximum atomic E-state index is 12.9. The lowest BCUT2D eigenvalue weighted by Gasteiger charge is -2.21. The molecule has 0 saturated carbocycles. The van der Waals surface area contributed by atoms with Crippen molar-refractivity contribution in [2.75, 3.05) is 0 Å². The Labute approximate surface area is 177 Å². The number of esters is 1. The summed E-state index contributed by atoms with van der Waals surface area (Å²) in [6, 6.07) is 18.4. The van der Waals surface area contributed by atoms with Crippen LogP contribution in [0.5, 0.6) is 0 Å². The number of carboxylic acid groups (broad SMARTS) is 1. The van der Waals surface area contributed by atoms with Crippen LogP contribution < -0.4 is 0 Å². The lowest BCUT2D eigenvalue weighted by molar-refractivity contribution is 0.00702. The molecule has 3 aromatic carbocycles. The Kier molecular flexibility index (Phi) is 5.79. The minimum absolute atomic E-state index is 0.222. The van der Waals surface area contributed by atoms with Gasteiger partial charge in [0.05, 0.1) is 11.1 Å². The zero-order valence-corrected chi connectivity index (χ0v) is 17.9. The summed E-state index contributed by atoms with van der Waals surface area (Å²) >= 11 is 0. The number of benzene rings is 3.